The first-order chi connectivity index (χ1) is 7.40. The topological polar surface area (TPSA) is 63.8 Å². The van der Waals surface area contributed by atoms with Crippen molar-refractivity contribution in [3.05, 3.63) is 11.1 Å². The number of rotatable bonds is 4. The van der Waals surface area contributed by atoms with Gasteiger partial charge >= 0.3 is 0 Å². The Morgan fingerprint density at radius 2 is 2.27 bits per heavy atom. The summed E-state index contributed by atoms with van der Waals surface area (Å²) in [6, 6.07) is 0.187. The normalized spacial score (nSPS) is 20.3. The fourth-order valence-corrected chi connectivity index (χ4v) is 2.86. The Morgan fingerprint density at radius 1 is 1.47 bits per heavy atom. The molecule has 0 amide bonds. The van der Waals surface area contributed by atoms with Crippen LogP contribution in [0.4, 0.5) is 0 Å². The first-order valence-electron chi connectivity index (χ1n) is 5.63. The molecular weight excluding hydrogens is 208 g/mol. The summed E-state index contributed by atoms with van der Waals surface area (Å²) in [6.45, 7) is 0. The molecule has 4 nitrogen and oxygen atoms in total. The first kappa shape index (κ1) is 11.0. The molecular formula is C10H18N4S. The van der Waals surface area contributed by atoms with Crippen molar-refractivity contribution in [1.82, 2.24) is 15.0 Å². The lowest BCUT2D eigenvalue weighted by Crippen LogP contribution is -2.30. The van der Waals surface area contributed by atoms with Gasteiger partial charge in [0.2, 0.25) is 0 Å². The molecule has 1 unspecified atom stereocenters. The molecule has 0 aromatic carbocycles. The second-order valence-electron chi connectivity index (χ2n) is 4.29. The van der Waals surface area contributed by atoms with E-state index in [-0.39, 0.29) is 6.04 Å². The number of hydrazine groups is 1. The summed E-state index contributed by atoms with van der Waals surface area (Å²) in [4.78, 5) is 0. The number of nitrogens with two attached hydrogens (primary N) is 1. The molecule has 1 aromatic heterocycles. The van der Waals surface area contributed by atoms with Crippen molar-refractivity contribution in [2.75, 3.05) is 0 Å². The summed E-state index contributed by atoms with van der Waals surface area (Å²) in [5.41, 5.74) is 3.85. The SMILES string of the molecule is NNC(CC1CCCCC1)c1csnn1. The summed E-state index contributed by atoms with van der Waals surface area (Å²) in [5, 5.41) is 6.06. The predicted molar refractivity (Wildman–Crippen MR) is 61.2 cm³/mol. The highest BCUT2D eigenvalue weighted by Crippen LogP contribution is 2.31. The Bertz CT molecular complexity index is 269. The van der Waals surface area contributed by atoms with Gasteiger partial charge in [-0.2, -0.15) is 0 Å². The zero-order valence-corrected chi connectivity index (χ0v) is 9.67. The number of aromatic nitrogens is 2. The Balaban J connectivity index is 1.90. The lowest BCUT2D eigenvalue weighted by molar-refractivity contribution is 0.298. The number of nitrogens with zero attached hydrogens (tertiary/aromatic N) is 2. The molecule has 0 aliphatic heterocycles. The van der Waals surface area contributed by atoms with E-state index in [1.807, 2.05) is 5.38 Å². The molecule has 1 atom stereocenters. The highest BCUT2D eigenvalue weighted by molar-refractivity contribution is 7.03. The van der Waals surface area contributed by atoms with E-state index in [0.717, 1.165) is 18.0 Å². The maximum atomic E-state index is 5.57. The van der Waals surface area contributed by atoms with Crippen molar-refractivity contribution in [3.8, 4) is 0 Å². The third kappa shape index (κ3) is 2.96. The van der Waals surface area contributed by atoms with Gasteiger partial charge in [0.1, 0.15) is 0 Å². The maximum absolute atomic E-state index is 5.57. The molecule has 1 aliphatic carbocycles. The van der Waals surface area contributed by atoms with E-state index in [1.54, 1.807) is 0 Å². The largest absolute Gasteiger partial charge is 0.271 e. The van der Waals surface area contributed by atoms with Crippen molar-refractivity contribution < 1.29 is 0 Å². The Labute approximate surface area is 94.4 Å². The van der Waals surface area contributed by atoms with Crippen LogP contribution < -0.4 is 11.3 Å². The average molecular weight is 226 g/mol. The molecule has 0 bridgehead atoms. The van der Waals surface area contributed by atoms with Gasteiger partial charge in [-0.15, -0.1) is 5.10 Å². The summed E-state index contributed by atoms with van der Waals surface area (Å²) in [7, 11) is 0. The number of nitrogens with one attached hydrogen (secondary N) is 1. The van der Waals surface area contributed by atoms with Crippen LogP contribution in [0.25, 0.3) is 0 Å². The zero-order chi connectivity index (χ0) is 10.5. The summed E-state index contributed by atoms with van der Waals surface area (Å²) in [5.74, 6) is 6.37. The lowest BCUT2D eigenvalue weighted by atomic mass is 9.84. The van der Waals surface area contributed by atoms with E-state index in [9.17, 15) is 0 Å². The second kappa shape index (κ2) is 5.53. The molecule has 1 heterocycles. The van der Waals surface area contributed by atoms with Gasteiger partial charge in [-0.05, 0) is 23.9 Å². The second-order valence-corrected chi connectivity index (χ2v) is 4.90. The third-order valence-corrected chi connectivity index (χ3v) is 3.75. The third-order valence-electron chi connectivity index (χ3n) is 3.23. The standard InChI is InChI=1S/C10H18N4S/c11-12-9(10-7-15-14-13-10)6-8-4-2-1-3-5-8/h7-9,12H,1-6,11H2. The molecule has 84 valence electrons. The van der Waals surface area contributed by atoms with Crippen molar-refractivity contribution in [2.24, 2.45) is 11.8 Å². The molecule has 2 rings (SSSR count). The highest BCUT2D eigenvalue weighted by Gasteiger charge is 2.20. The lowest BCUT2D eigenvalue weighted by Gasteiger charge is -2.25. The van der Waals surface area contributed by atoms with Gasteiger partial charge in [-0.25, -0.2) is 0 Å². The summed E-state index contributed by atoms with van der Waals surface area (Å²) in [6.07, 6.45) is 7.93. The van der Waals surface area contributed by atoms with Gasteiger partial charge in [-0.1, -0.05) is 36.6 Å². The van der Waals surface area contributed by atoms with Crippen LogP contribution >= 0.6 is 11.5 Å². The number of hydrogen-bond acceptors (Lipinski definition) is 5. The molecule has 1 fully saturated rings. The highest BCUT2D eigenvalue weighted by atomic mass is 32.1. The zero-order valence-electron chi connectivity index (χ0n) is 8.85. The van der Waals surface area contributed by atoms with Crippen molar-refractivity contribution in [1.29, 1.82) is 0 Å². The van der Waals surface area contributed by atoms with E-state index in [0.29, 0.717) is 0 Å². The van der Waals surface area contributed by atoms with Gasteiger partial charge in [0.25, 0.3) is 0 Å². The van der Waals surface area contributed by atoms with Crippen LogP contribution in [0.3, 0.4) is 0 Å². The molecule has 5 heteroatoms. The van der Waals surface area contributed by atoms with E-state index < -0.39 is 0 Å². The van der Waals surface area contributed by atoms with Crippen LogP contribution in [0, 0.1) is 5.92 Å². The smallest absolute Gasteiger partial charge is 0.0938 e. The molecule has 0 saturated heterocycles. The first-order valence-corrected chi connectivity index (χ1v) is 6.47. The maximum Gasteiger partial charge on any atom is 0.0938 e. The van der Waals surface area contributed by atoms with Gasteiger partial charge in [0.15, 0.2) is 0 Å². The minimum Gasteiger partial charge on any atom is -0.271 e. The fraction of sp³-hybridized carbons (Fsp3) is 0.800. The fourth-order valence-electron chi connectivity index (χ4n) is 2.35. The van der Waals surface area contributed by atoms with Crippen LogP contribution in [-0.4, -0.2) is 9.59 Å². The van der Waals surface area contributed by atoms with Crippen LogP contribution in [0.5, 0.6) is 0 Å². The molecule has 3 N–H and O–H groups in total. The van der Waals surface area contributed by atoms with E-state index in [4.69, 9.17) is 5.84 Å². The van der Waals surface area contributed by atoms with Crippen LogP contribution in [-0.2, 0) is 0 Å². The predicted octanol–water partition coefficient (Wildman–Crippen LogP) is 2.01. The van der Waals surface area contributed by atoms with Gasteiger partial charge in [0.05, 0.1) is 11.7 Å². The van der Waals surface area contributed by atoms with E-state index >= 15 is 0 Å². The minimum atomic E-state index is 0.187. The van der Waals surface area contributed by atoms with Crippen LogP contribution in [0.2, 0.25) is 0 Å². The Morgan fingerprint density at radius 3 is 2.87 bits per heavy atom. The van der Waals surface area contributed by atoms with Crippen molar-refractivity contribution in [3.63, 3.8) is 0 Å². The average Bonchev–Trinajstić information content (AvgIpc) is 2.81. The van der Waals surface area contributed by atoms with E-state index in [2.05, 4.69) is 15.0 Å². The molecule has 1 aliphatic rings. The van der Waals surface area contributed by atoms with Crippen molar-refractivity contribution >= 4 is 11.5 Å². The Hall–Kier alpha value is -0.520. The monoisotopic (exact) mass is 226 g/mol. The molecule has 1 aromatic rings. The number of hydrogen-bond donors (Lipinski definition) is 2. The summed E-state index contributed by atoms with van der Waals surface area (Å²) < 4.78 is 3.88. The van der Waals surface area contributed by atoms with Crippen LogP contribution in [0.1, 0.15) is 50.3 Å². The molecule has 15 heavy (non-hydrogen) atoms. The van der Waals surface area contributed by atoms with Gasteiger partial charge in [0, 0.05) is 5.38 Å². The summed E-state index contributed by atoms with van der Waals surface area (Å²) >= 11 is 1.39. The quantitative estimate of drug-likeness (QED) is 0.609. The Kier molecular flexibility index (Phi) is 4.05. The van der Waals surface area contributed by atoms with E-state index in [1.165, 1.54) is 43.6 Å². The van der Waals surface area contributed by atoms with Gasteiger partial charge < -0.3 is 0 Å². The molecule has 1 saturated carbocycles. The van der Waals surface area contributed by atoms with Crippen LogP contribution in [0.15, 0.2) is 5.38 Å². The minimum absolute atomic E-state index is 0.187. The van der Waals surface area contributed by atoms with Gasteiger partial charge in [-0.3, -0.25) is 11.3 Å². The molecule has 0 spiro atoms. The molecule has 0 radical (unpaired) electrons. The van der Waals surface area contributed by atoms with Crippen molar-refractivity contribution in [2.45, 2.75) is 44.6 Å².